The van der Waals surface area contributed by atoms with Gasteiger partial charge >= 0.3 is 5.97 Å². The highest BCUT2D eigenvalue weighted by atomic mass is 35.5. The highest BCUT2D eigenvalue weighted by molar-refractivity contribution is 7.22. The average molecular weight is 570 g/mol. The number of rotatable bonds is 7. The highest BCUT2D eigenvalue weighted by Crippen LogP contribution is 2.47. The molecule has 4 aliphatic rings. The third kappa shape index (κ3) is 4.18. The van der Waals surface area contributed by atoms with Gasteiger partial charge < -0.3 is 14.2 Å². The largest absolute Gasteiger partial charge is 0.462 e. The Morgan fingerprint density at radius 3 is 2.63 bits per heavy atom. The van der Waals surface area contributed by atoms with Crippen molar-refractivity contribution < 1.29 is 14.1 Å². The Hall–Kier alpha value is -2.65. The van der Waals surface area contributed by atoms with E-state index >= 15 is 0 Å². The number of nitrogens with zero attached hydrogens (tertiary/aromatic N) is 4. The van der Waals surface area contributed by atoms with Gasteiger partial charge in [-0.15, -0.1) is 0 Å². The van der Waals surface area contributed by atoms with Crippen LogP contribution in [0.3, 0.4) is 0 Å². The van der Waals surface area contributed by atoms with Crippen LogP contribution in [0.1, 0.15) is 53.8 Å². The van der Waals surface area contributed by atoms with Crippen molar-refractivity contribution in [1.82, 2.24) is 15.0 Å². The first-order chi connectivity index (χ1) is 18.5. The number of benzene rings is 2. The Morgan fingerprint density at radius 1 is 1.16 bits per heavy atom. The number of hydrogen-bond acceptors (Lipinski definition) is 8. The molecule has 2 aromatic carbocycles. The molecule has 1 saturated carbocycles. The molecule has 7 nitrogen and oxygen atoms in total. The zero-order valence-electron chi connectivity index (χ0n) is 20.8. The number of fused-ring (bicyclic) bond motifs is 3. The number of aromatic nitrogens is 2. The second-order valence-electron chi connectivity index (χ2n) is 10.3. The summed E-state index contributed by atoms with van der Waals surface area (Å²) in [6, 6.07) is 11.9. The van der Waals surface area contributed by atoms with Crippen LogP contribution in [0.2, 0.25) is 10.0 Å². The average Bonchev–Trinajstić information content (AvgIpc) is 3.54. The number of ether oxygens (including phenoxy) is 1. The van der Waals surface area contributed by atoms with E-state index in [2.05, 4.69) is 15.0 Å². The molecule has 0 amide bonds. The molecule has 0 spiro atoms. The molecule has 5 heterocycles. The molecule has 0 N–H and O–H groups in total. The summed E-state index contributed by atoms with van der Waals surface area (Å²) >= 11 is 14.8. The molecule has 2 aromatic heterocycles. The van der Waals surface area contributed by atoms with Crippen LogP contribution in [0.4, 0.5) is 5.13 Å². The van der Waals surface area contributed by atoms with Crippen molar-refractivity contribution in [2.75, 3.05) is 24.6 Å². The van der Waals surface area contributed by atoms with E-state index in [4.69, 9.17) is 37.4 Å². The molecule has 8 rings (SSSR count). The van der Waals surface area contributed by atoms with Gasteiger partial charge in [0, 0.05) is 48.8 Å². The first-order valence-electron chi connectivity index (χ1n) is 13.0. The van der Waals surface area contributed by atoms with Gasteiger partial charge in [-0.1, -0.05) is 45.8 Å². The fourth-order valence-electron chi connectivity index (χ4n) is 5.79. The van der Waals surface area contributed by atoms with Gasteiger partial charge in [-0.3, -0.25) is 4.90 Å². The van der Waals surface area contributed by atoms with Crippen molar-refractivity contribution in [1.29, 1.82) is 0 Å². The Balaban J connectivity index is 1.11. The zero-order valence-corrected chi connectivity index (χ0v) is 23.2. The number of esters is 1. The predicted octanol–water partition coefficient (Wildman–Crippen LogP) is 6.78. The van der Waals surface area contributed by atoms with E-state index in [-0.39, 0.29) is 5.97 Å². The molecule has 2 bridgehead atoms. The number of anilines is 1. The molecule has 196 valence electrons. The smallest absolute Gasteiger partial charge is 0.338 e. The summed E-state index contributed by atoms with van der Waals surface area (Å²) in [4.78, 5) is 22.0. The molecular weight excluding hydrogens is 543 g/mol. The third-order valence-electron chi connectivity index (χ3n) is 7.73. The van der Waals surface area contributed by atoms with E-state index in [0.717, 1.165) is 76.8 Å². The van der Waals surface area contributed by atoms with Crippen molar-refractivity contribution in [3.05, 3.63) is 63.3 Å². The van der Waals surface area contributed by atoms with Crippen LogP contribution in [-0.2, 0) is 11.3 Å². The van der Waals surface area contributed by atoms with E-state index < -0.39 is 0 Å². The molecule has 2 unspecified atom stereocenters. The molecule has 10 heteroatoms. The van der Waals surface area contributed by atoms with Gasteiger partial charge in [-0.2, -0.15) is 0 Å². The minimum Gasteiger partial charge on any atom is -0.462 e. The second-order valence-corrected chi connectivity index (χ2v) is 12.1. The lowest BCUT2D eigenvalue weighted by Gasteiger charge is -2.56. The maximum atomic E-state index is 12.2. The third-order valence-corrected chi connectivity index (χ3v) is 9.39. The van der Waals surface area contributed by atoms with Gasteiger partial charge in [0.1, 0.15) is 11.5 Å². The second kappa shape index (κ2) is 9.52. The highest BCUT2D eigenvalue weighted by Gasteiger charge is 2.46. The van der Waals surface area contributed by atoms with Crippen LogP contribution in [0.15, 0.2) is 40.9 Å². The Bertz CT molecular complexity index is 1520. The Kier molecular flexibility index (Phi) is 6.11. The van der Waals surface area contributed by atoms with Gasteiger partial charge in [0.25, 0.3) is 0 Å². The lowest BCUT2D eigenvalue weighted by molar-refractivity contribution is 0.0526. The number of carbonyl (C=O) groups excluding carboxylic acids is 1. The standard InChI is InChI=1S/C28H26Cl2N4O3S/c1-2-36-27(35)16-8-9-22-23(10-16)38-28(31-22)34-17-11-18(34)13-33(12-17)14-19-25(32-37-26(19)15-6-7-15)24-20(29)4-3-5-21(24)30/h3-5,8-10,15,17-18H,2,6-7,11-14H2,1H3. The van der Waals surface area contributed by atoms with E-state index in [1.807, 2.05) is 37.3 Å². The molecule has 3 saturated heterocycles. The lowest BCUT2D eigenvalue weighted by atomic mass is 9.87. The number of piperazine rings is 1. The van der Waals surface area contributed by atoms with Crippen molar-refractivity contribution in [3.8, 4) is 11.3 Å². The maximum Gasteiger partial charge on any atom is 0.338 e. The van der Waals surface area contributed by atoms with Crippen molar-refractivity contribution >= 4 is 55.9 Å². The Labute approximate surface area is 234 Å². The van der Waals surface area contributed by atoms with Gasteiger partial charge in [0.05, 0.1) is 32.4 Å². The van der Waals surface area contributed by atoms with Crippen LogP contribution >= 0.6 is 34.5 Å². The van der Waals surface area contributed by atoms with Crippen molar-refractivity contribution in [2.45, 2.75) is 50.7 Å². The number of halogens is 2. The normalized spacial score (nSPS) is 21.1. The van der Waals surface area contributed by atoms with Crippen LogP contribution < -0.4 is 4.90 Å². The van der Waals surface area contributed by atoms with Gasteiger partial charge in [0.2, 0.25) is 0 Å². The summed E-state index contributed by atoms with van der Waals surface area (Å²) in [5.41, 5.74) is 4.12. The van der Waals surface area contributed by atoms with Crippen LogP contribution in [-0.4, -0.2) is 52.8 Å². The predicted molar refractivity (Wildman–Crippen MR) is 149 cm³/mol. The molecular formula is C28H26Cl2N4O3S. The fraction of sp³-hybridized carbons (Fsp3) is 0.393. The van der Waals surface area contributed by atoms with E-state index in [1.54, 1.807) is 17.4 Å². The zero-order chi connectivity index (χ0) is 26.0. The monoisotopic (exact) mass is 568 g/mol. The van der Waals surface area contributed by atoms with Gasteiger partial charge in [0.15, 0.2) is 5.13 Å². The summed E-state index contributed by atoms with van der Waals surface area (Å²) in [5, 5.41) is 6.66. The minimum atomic E-state index is -0.294. The maximum absolute atomic E-state index is 12.2. The van der Waals surface area contributed by atoms with E-state index in [0.29, 0.717) is 40.2 Å². The molecule has 4 aromatic rings. The lowest BCUT2D eigenvalue weighted by Crippen LogP contribution is -2.68. The topological polar surface area (TPSA) is 71.7 Å². The summed E-state index contributed by atoms with van der Waals surface area (Å²) < 4.78 is 12.0. The number of hydrogen-bond donors (Lipinski definition) is 0. The summed E-state index contributed by atoms with van der Waals surface area (Å²) in [5.74, 6) is 1.12. The molecule has 0 radical (unpaired) electrons. The van der Waals surface area contributed by atoms with Crippen LogP contribution in [0.5, 0.6) is 0 Å². The molecule has 38 heavy (non-hydrogen) atoms. The van der Waals surface area contributed by atoms with Crippen molar-refractivity contribution in [2.24, 2.45) is 0 Å². The minimum absolute atomic E-state index is 0.294. The van der Waals surface area contributed by atoms with Gasteiger partial charge in [-0.05, 0) is 56.5 Å². The number of piperidine rings is 1. The molecule has 3 aliphatic heterocycles. The first-order valence-corrected chi connectivity index (χ1v) is 14.6. The Morgan fingerprint density at radius 2 is 1.92 bits per heavy atom. The SMILES string of the molecule is CCOC(=O)c1ccc2nc(N3C4CC3CN(Cc3c(-c5c(Cl)cccc5Cl)noc3C3CC3)C4)sc2c1. The number of thiazole rings is 1. The fourth-order valence-corrected chi connectivity index (χ4v) is 7.51. The van der Waals surface area contributed by atoms with Crippen LogP contribution in [0.25, 0.3) is 21.5 Å². The van der Waals surface area contributed by atoms with E-state index in [9.17, 15) is 4.79 Å². The molecule has 1 aliphatic carbocycles. The molecule has 2 atom stereocenters. The summed E-state index contributed by atoms with van der Waals surface area (Å²) in [7, 11) is 0. The van der Waals surface area contributed by atoms with Crippen molar-refractivity contribution in [3.63, 3.8) is 0 Å². The summed E-state index contributed by atoms with van der Waals surface area (Å²) in [6.45, 7) is 4.81. The quantitative estimate of drug-likeness (QED) is 0.227. The van der Waals surface area contributed by atoms with E-state index in [1.165, 1.54) is 0 Å². The molecule has 4 fully saturated rings. The van der Waals surface area contributed by atoms with Crippen LogP contribution in [0, 0.1) is 0 Å². The summed E-state index contributed by atoms with van der Waals surface area (Å²) in [6.07, 6.45) is 3.42. The number of carbonyl (C=O) groups is 1. The first kappa shape index (κ1) is 24.4. The van der Waals surface area contributed by atoms with Gasteiger partial charge in [-0.25, -0.2) is 9.78 Å².